The molecule has 0 aliphatic heterocycles. The second kappa shape index (κ2) is 6.34. The van der Waals surface area contributed by atoms with Crippen molar-refractivity contribution in [3.63, 3.8) is 0 Å². The number of nitrogens with zero attached hydrogens (tertiary/aromatic N) is 2. The molecule has 0 fully saturated rings. The fourth-order valence-electron chi connectivity index (χ4n) is 4.73. The second-order valence-corrected chi connectivity index (χ2v) is 8.99. The van der Waals surface area contributed by atoms with Crippen molar-refractivity contribution in [3.8, 4) is 10.7 Å². The van der Waals surface area contributed by atoms with Crippen molar-refractivity contribution in [1.29, 1.82) is 0 Å². The molecule has 0 spiro atoms. The van der Waals surface area contributed by atoms with Crippen LogP contribution in [0.15, 0.2) is 109 Å². The van der Waals surface area contributed by atoms with E-state index in [0.717, 1.165) is 0 Å². The summed E-state index contributed by atoms with van der Waals surface area (Å²) in [4.78, 5) is 0. The van der Waals surface area contributed by atoms with Crippen molar-refractivity contribution in [2.24, 2.45) is 0 Å². The number of hydrogen-bond acceptors (Lipinski definition) is 1. The largest absolute Gasteiger partial charge is 0.317 e. The van der Waals surface area contributed by atoms with E-state index in [1.165, 1.54) is 53.5 Å². The van der Waals surface area contributed by atoms with Crippen molar-refractivity contribution >= 4 is 54.1 Å². The van der Waals surface area contributed by atoms with Crippen molar-refractivity contribution in [3.05, 3.63) is 109 Å². The van der Waals surface area contributed by atoms with Gasteiger partial charge in [-0.2, -0.15) is 0 Å². The molecule has 0 aliphatic carbocycles. The van der Waals surface area contributed by atoms with Crippen LogP contribution < -0.4 is 0 Å². The lowest BCUT2D eigenvalue weighted by atomic mass is 10.1. The molecule has 0 saturated heterocycles. The molecular weight excluding hydrogens is 396 g/mol. The zero-order valence-electron chi connectivity index (χ0n) is 16.7. The summed E-state index contributed by atoms with van der Waals surface area (Å²) in [7, 11) is 0. The Labute approximate surface area is 183 Å². The minimum absolute atomic E-state index is 1.19. The molecule has 0 amide bonds. The standard InChI is InChI=1S/C28H18N2S/c1-2-9-21(10-3-1)29-15-14-19-16-26-23(18-25(19)29)22-11-5-6-12-24(22)30(26)28-17-20-8-4-7-13-27(20)31-28/h1-18H. The van der Waals surface area contributed by atoms with Gasteiger partial charge >= 0.3 is 0 Å². The van der Waals surface area contributed by atoms with Gasteiger partial charge in [0.05, 0.1) is 16.6 Å². The highest BCUT2D eigenvalue weighted by molar-refractivity contribution is 7.21. The third-order valence-corrected chi connectivity index (χ3v) is 7.25. The summed E-state index contributed by atoms with van der Waals surface area (Å²) >= 11 is 1.85. The second-order valence-electron chi connectivity index (χ2n) is 7.92. The van der Waals surface area contributed by atoms with Gasteiger partial charge in [-0.25, -0.2) is 0 Å². The van der Waals surface area contributed by atoms with E-state index in [-0.39, 0.29) is 0 Å². The zero-order valence-corrected chi connectivity index (χ0v) is 17.5. The fourth-order valence-corrected chi connectivity index (χ4v) is 5.82. The predicted molar refractivity (Wildman–Crippen MR) is 133 cm³/mol. The number of para-hydroxylation sites is 2. The summed E-state index contributed by atoms with van der Waals surface area (Å²) in [5, 5.41) is 6.38. The lowest BCUT2D eigenvalue weighted by Crippen LogP contribution is -1.92. The van der Waals surface area contributed by atoms with Crippen LogP contribution in [0.2, 0.25) is 0 Å². The maximum atomic E-state index is 2.43. The topological polar surface area (TPSA) is 9.86 Å². The number of thiophene rings is 1. The van der Waals surface area contributed by atoms with Crippen LogP contribution in [-0.4, -0.2) is 9.13 Å². The van der Waals surface area contributed by atoms with Gasteiger partial charge < -0.3 is 9.13 Å². The quantitative estimate of drug-likeness (QED) is 0.272. The molecule has 0 radical (unpaired) electrons. The molecule has 3 heterocycles. The van der Waals surface area contributed by atoms with Gasteiger partial charge in [0.1, 0.15) is 5.00 Å². The number of hydrogen-bond donors (Lipinski definition) is 0. The van der Waals surface area contributed by atoms with Crippen LogP contribution in [0.5, 0.6) is 0 Å². The predicted octanol–water partition coefficient (Wildman–Crippen LogP) is 7.94. The van der Waals surface area contributed by atoms with Crippen LogP contribution in [-0.2, 0) is 0 Å². The first kappa shape index (κ1) is 16.9. The van der Waals surface area contributed by atoms with E-state index in [0.29, 0.717) is 0 Å². The number of rotatable bonds is 2. The average molecular weight is 415 g/mol. The Balaban J connectivity index is 1.59. The Morgan fingerprint density at radius 2 is 1.35 bits per heavy atom. The lowest BCUT2D eigenvalue weighted by Gasteiger charge is -2.07. The van der Waals surface area contributed by atoms with Crippen LogP contribution >= 0.6 is 11.3 Å². The van der Waals surface area contributed by atoms with Crippen LogP contribution in [0.3, 0.4) is 0 Å². The molecule has 0 atom stereocenters. The van der Waals surface area contributed by atoms with E-state index in [1.54, 1.807) is 0 Å². The van der Waals surface area contributed by atoms with E-state index in [4.69, 9.17) is 0 Å². The lowest BCUT2D eigenvalue weighted by molar-refractivity contribution is 1.13. The van der Waals surface area contributed by atoms with Crippen LogP contribution in [0, 0.1) is 0 Å². The summed E-state index contributed by atoms with van der Waals surface area (Å²) in [6, 6.07) is 37.1. The molecule has 146 valence electrons. The average Bonchev–Trinajstić information content (AvgIpc) is 3.51. The smallest absolute Gasteiger partial charge is 0.101 e. The molecule has 0 bridgehead atoms. The van der Waals surface area contributed by atoms with E-state index in [1.807, 2.05) is 11.3 Å². The highest BCUT2D eigenvalue weighted by atomic mass is 32.1. The molecule has 4 aromatic carbocycles. The first-order valence-electron chi connectivity index (χ1n) is 10.5. The van der Waals surface area contributed by atoms with Crippen molar-refractivity contribution in [2.75, 3.05) is 0 Å². The Kier molecular flexibility index (Phi) is 3.46. The Bertz CT molecular complexity index is 1700. The van der Waals surface area contributed by atoms with Crippen LogP contribution in [0.4, 0.5) is 0 Å². The Hall–Kier alpha value is -3.82. The van der Waals surface area contributed by atoms with Gasteiger partial charge in [-0.05, 0) is 53.9 Å². The summed E-state index contributed by atoms with van der Waals surface area (Å²) in [6.45, 7) is 0. The summed E-state index contributed by atoms with van der Waals surface area (Å²) in [5.74, 6) is 0. The van der Waals surface area contributed by atoms with Gasteiger partial charge in [-0.15, -0.1) is 11.3 Å². The summed E-state index contributed by atoms with van der Waals surface area (Å²) in [6.07, 6.45) is 2.17. The first-order valence-corrected chi connectivity index (χ1v) is 11.3. The van der Waals surface area contributed by atoms with Crippen LogP contribution in [0.25, 0.3) is 53.5 Å². The maximum Gasteiger partial charge on any atom is 0.101 e. The van der Waals surface area contributed by atoms with Gasteiger partial charge in [0.25, 0.3) is 0 Å². The van der Waals surface area contributed by atoms with Crippen molar-refractivity contribution in [1.82, 2.24) is 9.13 Å². The van der Waals surface area contributed by atoms with Crippen molar-refractivity contribution in [2.45, 2.75) is 0 Å². The van der Waals surface area contributed by atoms with Gasteiger partial charge in [0.15, 0.2) is 0 Å². The SMILES string of the molecule is c1ccc(-n2ccc3cc4c(cc32)c2ccccc2n4-c2cc3ccccc3s2)cc1. The van der Waals surface area contributed by atoms with Gasteiger partial charge in [-0.1, -0.05) is 54.6 Å². The Morgan fingerprint density at radius 3 is 2.26 bits per heavy atom. The highest BCUT2D eigenvalue weighted by Crippen LogP contribution is 2.38. The molecule has 2 nitrogen and oxygen atoms in total. The summed E-state index contributed by atoms with van der Waals surface area (Å²) < 4.78 is 6.02. The zero-order chi connectivity index (χ0) is 20.4. The maximum absolute atomic E-state index is 2.43. The highest BCUT2D eigenvalue weighted by Gasteiger charge is 2.16. The van der Waals surface area contributed by atoms with Gasteiger partial charge in [-0.3, -0.25) is 0 Å². The number of fused-ring (bicyclic) bond motifs is 5. The molecule has 7 rings (SSSR count). The third-order valence-electron chi connectivity index (χ3n) is 6.15. The molecule has 0 N–H and O–H groups in total. The fraction of sp³-hybridized carbons (Fsp3) is 0. The van der Waals surface area contributed by atoms with Gasteiger partial charge in [0.2, 0.25) is 0 Å². The monoisotopic (exact) mass is 414 g/mol. The van der Waals surface area contributed by atoms with Crippen LogP contribution in [0.1, 0.15) is 0 Å². The van der Waals surface area contributed by atoms with E-state index >= 15 is 0 Å². The molecule has 31 heavy (non-hydrogen) atoms. The summed E-state index contributed by atoms with van der Waals surface area (Å²) in [5.41, 5.74) is 4.93. The third kappa shape index (κ3) is 2.44. The minimum Gasteiger partial charge on any atom is -0.317 e. The molecule has 3 aromatic heterocycles. The van der Waals surface area contributed by atoms with E-state index in [2.05, 4.69) is 118 Å². The normalized spacial score (nSPS) is 11.9. The van der Waals surface area contributed by atoms with Crippen molar-refractivity contribution < 1.29 is 0 Å². The van der Waals surface area contributed by atoms with E-state index < -0.39 is 0 Å². The molecule has 0 unspecified atom stereocenters. The molecule has 0 aliphatic rings. The number of benzene rings is 4. The minimum atomic E-state index is 1.19. The van der Waals surface area contributed by atoms with Gasteiger partial charge in [0, 0.05) is 32.7 Å². The number of aromatic nitrogens is 2. The molecule has 0 saturated carbocycles. The molecule has 7 aromatic rings. The Morgan fingerprint density at radius 1 is 0.548 bits per heavy atom. The molecular formula is C28H18N2S. The first-order chi connectivity index (χ1) is 15.4. The molecule has 3 heteroatoms. The van der Waals surface area contributed by atoms with E-state index in [9.17, 15) is 0 Å².